The monoisotopic (exact) mass is 469 g/mol. The molecule has 0 saturated carbocycles. The lowest BCUT2D eigenvalue weighted by atomic mass is 9.93. The number of Topliss-reactive ketones (excluding diaryl/α,β-unsaturated/α-hetero) is 1. The number of hydrogen-bond donors (Lipinski definition) is 2. The molecule has 0 bridgehead atoms. The molecule has 2 fully saturated rings. The normalized spacial score (nSPS) is 21.2. The number of nitrogens with one attached hydrogen (secondary N) is 1. The van der Waals surface area contributed by atoms with Crippen molar-refractivity contribution in [2.75, 3.05) is 39.4 Å². The lowest BCUT2D eigenvalue weighted by Crippen LogP contribution is -3.14. The Bertz CT molecular complexity index is 1040. The number of aliphatic hydroxyl groups is 1. The molecule has 174 valence electrons. The van der Waals surface area contributed by atoms with Gasteiger partial charge in [0, 0.05) is 10.6 Å². The molecule has 2 heterocycles. The standard InChI is InChI=1S/C26H29ClN2O4/c1-17(2)18-3-5-19(6-4-18)23-22(24(30)20-7-9-21(27)10-8-20)25(31)26(32)29(23)12-11-28-13-15-33-16-14-28/h3-10,17,23,30H,11-16H2,1-2H3/p+1/t23-/m0/s1. The molecular weight excluding hydrogens is 440 g/mol. The smallest absolute Gasteiger partial charge is 0.295 e. The van der Waals surface area contributed by atoms with Gasteiger partial charge in [0.25, 0.3) is 11.7 Å². The van der Waals surface area contributed by atoms with Crippen LogP contribution < -0.4 is 4.90 Å². The summed E-state index contributed by atoms with van der Waals surface area (Å²) in [5, 5.41) is 11.7. The molecule has 33 heavy (non-hydrogen) atoms. The quantitative estimate of drug-likeness (QED) is 0.388. The van der Waals surface area contributed by atoms with Crippen LogP contribution in [-0.2, 0) is 14.3 Å². The predicted octanol–water partition coefficient (Wildman–Crippen LogP) is 2.80. The van der Waals surface area contributed by atoms with E-state index in [1.165, 1.54) is 10.5 Å². The van der Waals surface area contributed by atoms with Gasteiger partial charge in [0.2, 0.25) is 0 Å². The van der Waals surface area contributed by atoms with Crippen molar-refractivity contribution in [3.8, 4) is 0 Å². The average Bonchev–Trinajstić information content (AvgIpc) is 3.08. The van der Waals surface area contributed by atoms with Gasteiger partial charge in [-0.05, 0) is 41.3 Å². The number of morpholine rings is 1. The number of ketones is 1. The van der Waals surface area contributed by atoms with E-state index in [1.54, 1.807) is 29.2 Å². The van der Waals surface area contributed by atoms with Crippen LogP contribution in [0.3, 0.4) is 0 Å². The first-order valence-corrected chi connectivity index (χ1v) is 11.8. The Hall–Kier alpha value is -2.67. The van der Waals surface area contributed by atoms with Crippen LogP contribution in [0.15, 0.2) is 54.1 Å². The zero-order chi connectivity index (χ0) is 23.5. The van der Waals surface area contributed by atoms with Crippen LogP contribution in [0.4, 0.5) is 0 Å². The fourth-order valence-corrected chi connectivity index (χ4v) is 4.60. The van der Waals surface area contributed by atoms with E-state index in [1.807, 2.05) is 24.3 Å². The van der Waals surface area contributed by atoms with E-state index in [9.17, 15) is 14.7 Å². The van der Waals surface area contributed by atoms with Gasteiger partial charge in [0.15, 0.2) is 0 Å². The van der Waals surface area contributed by atoms with Crippen molar-refractivity contribution in [3.63, 3.8) is 0 Å². The molecule has 2 N–H and O–H groups in total. The molecule has 6 nitrogen and oxygen atoms in total. The van der Waals surface area contributed by atoms with Crippen LogP contribution >= 0.6 is 11.6 Å². The number of aliphatic hydroxyl groups excluding tert-OH is 1. The second kappa shape index (κ2) is 10.1. The van der Waals surface area contributed by atoms with Gasteiger partial charge >= 0.3 is 0 Å². The number of hydrogen-bond acceptors (Lipinski definition) is 4. The minimum atomic E-state index is -0.655. The Morgan fingerprint density at radius 3 is 2.33 bits per heavy atom. The summed E-state index contributed by atoms with van der Waals surface area (Å²) in [6.07, 6.45) is 0. The molecule has 0 unspecified atom stereocenters. The highest BCUT2D eigenvalue weighted by Crippen LogP contribution is 2.39. The van der Waals surface area contributed by atoms with Crippen LogP contribution in [-0.4, -0.2) is 61.1 Å². The number of carbonyl (C=O) groups excluding carboxylic acids is 2. The topological polar surface area (TPSA) is 71.3 Å². The first-order chi connectivity index (χ1) is 15.9. The lowest BCUT2D eigenvalue weighted by molar-refractivity contribution is -0.907. The van der Waals surface area contributed by atoms with Gasteiger partial charge in [0.1, 0.15) is 18.8 Å². The zero-order valence-electron chi connectivity index (χ0n) is 19.0. The molecule has 0 aliphatic carbocycles. The molecule has 2 aromatic carbocycles. The summed E-state index contributed by atoms with van der Waals surface area (Å²) in [5.74, 6) is -1.04. The maximum Gasteiger partial charge on any atom is 0.295 e. The van der Waals surface area contributed by atoms with E-state index in [2.05, 4.69) is 13.8 Å². The SMILES string of the molecule is CC(C)c1ccc([C@H]2C(=C(O)c3ccc(Cl)cc3)C(=O)C(=O)N2CC[NH+]2CCOCC2)cc1. The van der Waals surface area contributed by atoms with Crippen molar-refractivity contribution in [3.05, 3.63) is 75.8 Å². The van der Waals surface area contributed by atoms with E-state index in [4.69, 9.17) is 16.3 Å². The van der Waals surface area contributed by atoms with Crippen LogP contribution in [0.1, 0.15) is 42.5 Å². The minimum Gasteiger partial charge on any atom is -0.507 e. The number of likely N-dealkylation sites (tertiary alicyclic amines) is 1. The van der Waals surface area contributed by atoms with Crippen molar-refractivity contribution in [1.82, 2.24) is 4.90 Å². The highest BCUT2D eigenvalue weighted by atomic mass is 35.5. The van der Waals surface area contributed by atoms with Crippen LogP contribution in [0.5, 0.6) is 0 Å². The van der Waals surface area contributed by atoms with Gasteiger partial charge < -0.3 is 19.6 Å². The molecule has 4 rings (SSSR count). The molecule has 7 heteroatoms. The molecule has 2 aliphatic rings. The summed E-state index contributed by atoms with van der Waals surface area (Å²) < 4.78 is 5.43. The van der Waals surface area contributed by atoms with Gasteiger partial charge in [-0.3, -0.25) is 9.59 Å². The molecule has 1 amide bonds. The number of carbonyl (C=O) groups is 2. The summed E-state index contributed by atoms with van der Waals surface area (Å²) in [4.78, 5) is 29.2. The first-order valence-electron chi connectivity index (χ1n) is 11.4. The third-order valence-corrected chi connectivity index (χ3v) is 6.73. The molecular formula is C26H30ClN2O4+. The van der Waals surface area contributed by atoms with E-state index < -0.39 is 17.7 Å². The van der Waals surface area contributed by atoms with Gasteiger partial charge in [0.05, 0.1) is 37.9 Å². The second-order valence-corrected chi connectivity index (χ2v) is 9.37. The molecule has 2 saturated heterocycles. The third-order valence-electron chi connectivity index (χ3n) is 6.48. The maximum absolute atomic E-state index is 13.1. The summed E-state index contributed by atoms with van der Waals surface area (Å²) >= 11 is 5.99. The Morgan fingerprint density at radius 2 is 1.73 bits per heavy atom. The van der Waals surface area contributed by atoms with Crippen molar-refractivity contribution < 1.29 is 24.3 Å². The molecule has 0 radical (unpaired) electrons. The number of rotatable bonds is 6. The highest BCUT2D eigenvalue weighted by Gasteiger charge is 2.46. The van der Waals surface area contributed by atoms with Crippen LogP contribution in [0.25, 0.3) is 5.76 Å². The fraction of sp³-hybridized carbons (Fsp3) is 0.385. The van der Waals surface area contributed by atoms with Crippen molar-refractivity contribution in [1.29, 1.82) is 0 Å². The van der Waals surface area contributed by atoms with Gasteiger partial charge in [-0.15, -0.1) is 0 Å². The Morgan fingerprint density at radius 1 is 1.09 bits per heavy atom. The van der Waals surface area contributed by atoms with E-state index >= 15 is 0 Å². The first kappa shape index (κ1) is 23.5. The van der Waals surface area contributed by atoms with E-state index in [0.29, 0.717) is 36.3 Å². The van der Waals surface area contributed by atoms with Crippen molar-refractivity contribution in [2.45, 2.75) is 25.8 Å². The van der Waals surface area contributed by atoms with Crippen molar-refractivity contribution in [2.24, 2.45) is 0 Å². The Balaban J connectivity index is 1.73. The highest BCUT2D eigenvalue weighted by molar-refractivity contribution is 6.46. The third kappa shape index (κ3) is 4.98. The van der Waals surface area contributed by atoms with Crippen LogP contribution in [0, 0.1) is 0 Å². The minimum absolute atomic E-state index is 0.122. The second-order valence-electron chi connectivity index (χ2n) is 8.93. The number of nitrogens with zero attached hydrogens (tertiary/aromatic N) is 1. The van der Waals surface area contributed by atoms with Gasteiger partial charge in [-0.2, -0.15) is 0 Å². The average molecular weight is 470 g/mol. The predicted molar refractivity (Wildman–Crippen MR) is 127 cm³/mol. The van der Waals surface area contributed by atoms with E-state index in [0.717, 1.165) is 25.2 Å². The zero-order valence-corrected chi connectivity index (χ0v) is 19.8. The van der Waals surface area contributed by atoms with Crippen molar-refractivity contribution >= 4 is 29.1 Å². The van der Waals surface area contributed by atoms with Gasteiger partial charge in [-0.25, -0.2) is 0 Å². The lowest BCUT2D eigenvalue weighted by Gasteiger charge is -2.29. The Labute approximate surface area is 199 Å². The van der Waals surface area contributed by atoms with E-state index in [-0.39, 0.29) is 11.3 Å². The summed E-state index contributed by atoms with van der Waals surface area (Å²) in [6.45, 7) is 8.53. The van der Waals surface area contributed by atoms with Gasteiger partial charge in [-0.1, -0.05) is 49.7 Å². The molecule has 1 atom stereocenters. The number of benzene rings is 2. The summed E-state index contributed by atoms with van der Waals surface area (Å²) in [7, 11) is 0. The molecule has 0 spiro atoms. The summed E-state index contributed by atoms with van der Waals surface area (Å²) in [6, 6.07) is 13.9. The number of quaternary nitrogens is 1. The molecule has 0 aromatic heterocycles. The fourth-order valence-electron chi connectivity index (χ4n) is 4.47. The number of amides is 1. The molecule has 2 aromatic rings. The summed E-state index contributed by atoms with van der Waals surface area (Å²) in [5.41, 5.74) is 2.56. The molecule has 2 aliphatic heterocycles. The number of halogens is 1. The Kier molecular flexibility index (Phi) is 7.17. The largest absolute Gasteiger partial charge is 0.507 e. The van der Waals surface area contributed by atoms with Crippen LogP contribution in [0.2, 0.25) is 5.02 Å². The maximum atomic E-state index is 13.1. The number of ether oxygens (including phenoxy) is 1.